The maximum absolute atomic E-state index is 9.45. The first-order valence-electron chi connectivity index (χ1n) is 7.06. The van der Waals surface area contributed by atoms with Crippen LogP contribution in [-0.4, -0.2) is 4.98 Å². The summed E-state index contributed by atoms with van der Waals surface area (Å²) in [6, 6.07) is 18.3. The molecule has 0 aliphatic rings. The quantitative estimate of drug-likeness (QED) is 0.526. The Kier molecular flexibility index (Phi) is 4.71. The molecular weight excluding hydrogens is 368 g/mol. The second kappa shape index (κ2) is 6.91. The Labute approximate surface area is 147 Å². The van der Waals surface area contributed by atoms with Gasteiger partial charge in [-0.3, -0.25) is 0 Å². The summed E-state index contributed by atoms with van der Waals surface area (Å²) in [5, 5.41) is 12.2. The smallest absolute Gasteiger partial charge is 0.134 e. The highest BCUT2D eigenvalue weighted by molar-refractivity contribution is 9.10. The first-order chi connectivity index (χ1) is 11.2. The van der Waals surface area contributed by atoms with Crippen molar-refractivity contribution in [3.8, 4) is 17.3 Å². The zero-order chi connectivity index (χ0) is 16.2. The second-order valence-electron chi connectivity index (χ2n) is 5.13. The van der Waals surface area contributed by atoms with Crippen LogP contribution in [0.3, 0.4) is 0 Å². The number of nitriles is 1. The average Bonchev–Trinajstić information content (AvgIpc) is 3.05. The molecule has 0 aliphatic carbocycles. The van der Waals surface area contributed by atoms with Crippen LogP contribution in [0, 0.1) is 18.3 Å². The summed E-state index contributed by atoms with van der Waals surface area (Å²) >= 11 is 4.90. The highest BCUT2D eigenvalue weighted by atomic mass is 79.9. The van der Waals surface area contributed by atoms with Gasteiger partial charge in [0.05, 0.1) is 11.3 Å². The Morgan fingerprint density at radius 3 is 2.48 bits per heavy atom. The Balaban J connectivity index is 1.92. The summed E-state index contributed by atoms with van der Waals surface area (Å²) in [4.78, 5) is 4.61. The maximum Gasteiger partial charge on any atom is 0.134 e. The van der Waals surface area contributed by atoms with Crippen molar-refractivity contribution in [2.45, 2.75) is 6.92 Å². The molecule has 2 aromatic carbocycles. The number of hydrogen-bond acceptors (Lipinski definition) is 3. The lowest BCUT2D eigenvalue weighted by molar-refractivity contribution is 1.36. The van der Waals surface area contributed by atoms with Crippen molar-refractivity contribution in [3.05, 3.63) is 74.5 Å². The summed E-state index contributed by atoms with van der Waals surface area (Å²) in [6.07, 6.45) is 1.87. The van der Waals surface area contributed by atoms with Crippen molar-refractivity contribution >= 4 is 38.9 Å². The van der Waals surface area contributed by atoms with E-state index >= 15 is 0 Å². The average molecular weight is 381 g/mol. The Morgan fingerprint density at radius 2 is 1.83 bits per heavy atom. The first-order valence-corrected chi connectivity index (χ1v) is 8.73. The van der Waals surface area contributed by atoms with E-state index < -0.39 is 0 Å². The van der Waals surface area contributed by atoms with Crippen LogP contribution in [0.25, 0.3) is 22.9 Å². The van der Waals surface area contributed by atoms with Crippen LogP contribution in [0.2, 0.25) is 0 Å². The molecule has 2 nitrogen and oxygen atoms in total. The molecular formula is C19H13BrN2S. The zero-order valence-corrected chi connectivity index (χ0v) is 14.9. The summed E-state index contributed by atoms with van der Waals surface area (Å²) in [5.41, 5.74) is 4.76. The molecule has 112 valence electrons. The summed E-state index contributed by atoms with van der Waals surface area (Å²) in [7, 11) is 0. The van der Waals surface area contributed by atoms with Crippen molar-refractivity contribution < 1.29 is 0 Å². The normalized spacial score (nSPS) is 11.3. The number of thiazole rings is 1. The van der Waals surface area contributed by atoms with Crippen molar-refractivity contribution in [3.63, 3.8) is 0 Å². The van der Waals surface area contributed by atoms with Crippen LogP contribution in [0.1, 0.15) is 16.1 Å². The van der Waals surface area contributed by atoms with E-state index in [1.807, 2.05) is 35.7 Å². The lowest BCUT2D eigenvalue weighted by atomic mass is 10.1. The van der Waals surface area contributed by atoms with Gasteiger partial charge >= 0.3 is 0 Å². The molecule has 3 rings (SSSR count). The Morgan fingerprint density at radius 1 is 1.13 bits per heavy atom. The second-order valence-corrected chi connectivity index (χ2v) is 6.90. The molecule has 3 aromatic rings. The van der Waals surface area contributed by atoms with E-state index in [-0.39, 0.29) is 0 Å². The topological polar surface area (TPSA) is 36.7 Å². The molecule has 0 bridgehead atoms. The van der Waals surface area contributed by atoms with Crippen molar-refractivity contribution in [2.75, 3.05) is 0 Å². The number of benzene rings is 2. The molecule has 1 aromatic heterocycles. The number of halogens is 1. The Hall–Kier alpha value is -2.22. The molecule has 0 amide bonds. The van der Waals surface area contributed by atoms with E-state index in [1.165, 1.54) is 16.9 Å². The lowest BCUT2D eigenvalue weighted by Crippen LogP contribution is -1.83. The van der Waals surface area contributed by atoms with Gasteiger partial charge in [-0.2, -0.15) is 5.26 Å². The van der Waals surface area contributed by atoms with E-state index in [0.717, 1.165) is 26.3 Å². The summed E-state index contributed by atoms with van der Waals surface area (Å²) < 4.78 is 1.02. The van der Waals surface area contributed by atoms with Crippen LogP contribution in [0.4, 0.5) is 0 Å². The molecule has 0 radical (unpaired) electrons. The molecule has 0 fully saturated rings. The molecule has 4 heteroatoms. The largest absolute Gasteiger partial charge is 0.235 e. The van der Waals surface area contributed by atoms with Crippen molar-refractivity contribution in [1.82, 2.24) is 4.98 Å². The number of hydrogen-bond donors (Lipinski definition) is 0. The first kappa shape index (κ1) is 15.7. The monoisotopic (exact) mass is 380 g/mol. The standard InChI is InChI=1S/C19H13BrN2S/c1-13-2-6-15(7-3-13)18-12-23-19(22-18)16(11-21)10-14-4-8-17(20)9-5-14/h2-10,12H,1H3/b16-10-. The molecule has 0 spiro atoms. The highest BCUT2D eigenvalue weighted by Crippen LogP contribution is 2.27. The minimum absolute atomic E-state index is 0.579. The number of nitrogens with zero attached hydrogens (tertiary/aromatic N) is 2. The molecule has 0 N–H and O–H groups in total. The van der Waals surface area contributed by atoms with Crippen LogP contribution < -0.4 is 0 Å². The van der Waals surface area contributed by atoms with E-state index in [9.17, 15) is 5.26 Å². The van der Waals surface area contributed by atoms with Crippen LogP contribution in [-0.2, 0) is 0 Å². The van der Waals surface area contributed by atoms with Gasteiger partial charge in [0.1, 0.15) is 11.1 Å². The fraction of sp³-hybridized carbons (Fsp3) is 0.0526. The lowest BCUT2D eigenvalue weighted by Gasteiger charge is -1.98. The van der Waals surface area contributed by atoms with E-state index in [2.05, 4.69) is 58.2 Å². The van der Waals surface area contributed by atoms with Gasteiger partial charge in [-0.05, 0) is 30.7 Å². The Bertz CT molecular complexity index is 884. The number of aromatic nitrogens is 1. The predicted molar refractivity (Wildman–Crippen MR) is 99.9 cm³/mol. The number of rotatable bonds is 3. The minimum Gasteiger partial charge on any atom is -0.235 e. The van der Waals surface area contributed by atoms with Gasteiger partial charge in [0.15, 0.2) is 0 Å². The third-order valence-corrected chi connectivity index (χ3v) is 4.79. The number of allylic oxidation sites excluding steroid dienone is 1. The van der Waals surface area contributed by atoms with Crippen molar-refractivity contribution in [1.29, 1.82) is 5.26 Å². The van der Waals surface area contributed by atoms with E-state index in [0.29, 0.717) is 5.57 Å². The van der Waals surface area contributed by atoms with Gasteiger partial charge in [-0.25, -0.2) is 4.98 Å². The fourth-order valence-electron chi connectivity index (χ4n) is 2.12. The summed E-state index contributed by atoms with van der Waals surface area (Å²) in [6.45, 7) is 2.06. The van der Waals surface area contributed by atoms with Gasteiger partial charge in [-0.15, -0.1) is 11.3 Å². The number of aryl methyl sites for hydroxylation is 1. The SMILES string of the molecule is Cc1ccc(-c2csc(/C(C#N)=C\c3ccc(Br)cc3)n2)cc1. The fourth-order valence-corrected chi connectivity index (χ4v) is 3.18. The zero-order valence-electron chi connectivity index (χ0n) is 12.5. The molecule has 23 heavy (non-hydrogen) atoms. The minimum atomic E-state index is 0.579. The molecule has 0 saturated heterocycles. The molecule has 0 saturated carbocycles. The van der Waals surface area contributed by atoms with E-state index in [1.54, 1.807) is 0 Å². The van der Waals surface area contributed by atoms with Crippen LogP contribution in [0.15, 0.2) is 58.4 Å². The van der Waals surface area contributed by atoms with Crippen LogP contribution >= 0.6 is 27.3 Å². The van der Waals surface area contributed by atoms with Gasteiger partial charge < -0.3 is 0 Å². The molecule has 0 atom stereocenters. The van der Waals surface area contributed by atoms with E-state index in [4.69, 9.17) is 0 Å². The third kappa shape index (κ3) is 3.76. The highest BCUT2D eigenvalue weighted by Gasteiger charge is 2.09. The third-order valence-electron chi connectivity index (χ3n) is 3.38. The predicted octanol–water partition coefficient (Wildman–Crippen LogP) is 5.95. The molecule has 0 aliphatic heterocycles. The van der Waals surface area contributed by atoms with Gasteiger partial charge in [0.25, 0.3) is 0 Å². The van der Waals surface area contributed by atoms with Crippen LogP contribution in [0.5, 0.6) is 0 Å². The molecule has 0 unspecified atom stereocenters. The van der Waals surface area contributed by atoms with Gasteiger partial charge in [0, 0.05) is 15.4 Å². The molecule has 1 heterocycles. The maximum atomic E-state index is 9.45. The van der Waals surface area contributed by atoms with Gasteiger partial charge in [-0.1, -0.05) is 57.9 Å². The van der Waals surface area contributed by atoms with Gasteiger partial charge in [0.2, 0.25) is 0 Å². The summed E-state index contributed by atoms with van der Waals surface area (Å²) in [5.74, 6) is 0. The van der Waals surface area contributed by atoms with Crippen molar-refractivity contribution in [2.24, 2.45) is 0 Å².